The molecule has 0 aromatic heterocycles. The van der Waals surface area contributed by atoms with Gasteiger partial charge >= 0.3 is 5.97 Å². The van der Waals surface area contributed by atoms with Gasteiger partial charge < -0.3 is 9.64 Å². The lowest BCUT2D eigenvalue weighted by molar-refractivity contribution is -0.0855. The molecule has 0 N–H and O–H groups in total. The van der Waals surface area contributed by atoms with Crippen molar-refractivity contribution >= 4 is 73.7 Å². The summed E-state index contributed by atoms with van der Waals surface area (Å²) in [5.74, 6) is 0.383. The minimum atomic E-state index is -0.244. The van der Waals surface area contributed by atoms with Gasteiger partial charge in [-0.25, -0.2) is 4.79 Å². The molecule has 0 spiro atoms. The average Bonchev–Trinajstić information content (AvgIpc) is 2.59. The van der Waals surface area contributed by atoms with E-state index in [2.05, 4.69) is 85.8 Å². The van der Waals surface area contributed by atoms with Crippen LogP contribution in [0.5, 0.6) is 0 Å². The molecule has 25 heavy (non-hydrogen) atoms. The van der Waals surface area contributed by atoms with Gasteiger partial charge in [0.05, 0.1) is 5.56 Å². The van der Waals surface area contributed by atoms with Crippen LogP contribution in [-0.4, -0.2) is 36.6 Å². The smallest absolute Gasteiger partial charge is 0.339 e. The van der Waals surface area contributed by atoms with Gasteiger partial charge in [0.2, 0.25) is 0 Å². The lowest BCUT2D eigenvalue weighted by Crippen LogP contribution is -2.48. The summed E-state index contributed by atoms with van der Waals surface area (Å²) in [6, 6.07) is 4.07. The second-order valence-electron chi connectivity index (χ2n) is 7.34. The number of likely N-dealkylation sites (tertiary alicyclic amines) is 1. The van der Waals surface area contributed by atoms with Gasteiger partial charge in [-0.3, -0.25) is 0 Å². The highest BCUT2D eigenvalue weighted by molar-refractivity contribution is 14.1. The van der Waals surface area contributed by atoms with Crippen LogP contribution >= 0.6 is 67.8 Å². The maximum atomic E-state index is 13.1. The molecule has 6 heteroatoms. The van der Waals surface area contributed by atoms with Gasteiger partial charge in [-0.15, -0.1) is 0 Å². The number of esters is 1. The summed E-state index contributed by atoms with van der Waals surface area (Å²) in [5.41, 5.74) is 0.488. The molecular formula is C19H24I3NO2. The lowest BCUT2D eigenvalue weighted by atomic mass is 9.71. The number of piperidine rings is 1. The van der Waals surface area contributed by atoms with E-state index in [0.29, 0.717) is 5.92 Å². The first-order valence-electron chi connectivity index (χ1n) is 8.98. The van der Waals surface area contributed by atoms with E-state index in [1.807, 2.05) is 6.07 Å². The first-order chi connectivity index (χ1) is 11.9. The van der Waals surface area contributed by atoms with Crippen molar-refractivity contribution in [1.29, 1.82) is 0 Å². The molecule has 0 unspecified atom stereocenters. The molecule has 2 fully saturated rings. The second kappa shape index (κ2) is 8.89. The van der Waals surface area contributed by atoms with Crippen LogP contribution in [0.4, 0.5) is 0 Å². The van der Waals surface area contributed by atoms with Crippen molar-refractivity contribution in [3.05, 3.63) is 28.4 Å². The van der Waals surface area contributed by atoms with Crippen LogP contribution in [-0.2, 0) is 4.74 Å². The van der Waals surface area contributed by atoms with Crippen molar-refractivity contribution in [3.8, 4) is 0 Å². The fourth-order valence-electron chi connectivity index (χ4n) is 4.22. The van der Waals surface area contributed by atoms with Gasteiger partial charge in [0, 0.05) is 16.6 Å². The van der Waals surface area contributed by atoms with Crippen molar-refractivity contribution in [1.82, 2.24) is 4.90 Å². The van der Waals surface area contributed by atoms with Gasteiger partial charge in [0.1, 0.15) is 5.60 Å². The maximum absolute atomic E-state index is 13.1. The maximum Gasteiger partial charge on any atom is 0.339 e. The first kappa shape index (κ1) is 20.6. The molecule has 0 bridgehead atoms. The highest BCUT2D eigenvalue weighted by atomic mass is 127. The molecule has 0 radical (unpaired) electrons. The van der Waals surface area contributed by atoms with E-state index in [4.69, 9.17) is 4.74 Å². The lowest BCUT2D eigenvalue weighted by Gasteiger charge is -2.45. The van der Waals surface area contributed by atoms with Crippen LogP contribution in [0.1, 0.15) is 55.3 Å². The Morgan fingerprint density at radius 1 is 1.12 bits per heavy atom. The van der Waals surface area contributed by atoms with Gasteiger partial charge in [0.15, 0.2) is 0 Å². The summed E-state index contributed by atoms with van der Waals surface area (Å²) in [4.78, 5) is 15.5. The van der Waals surface area contributed by atoms with E-state index in [0.717, 1.165) is 55.0 Å². The SMILES string of the molecule is CN1CCC(C2(OC(=O)c3cc(I)cc(I)c3I)CCCCC2)CC1. The largest absolute Gasteiger partial charge is 0.455 e. The quantitative estimate of drug-likeness (QED) is 0.234. The molecule has 1 aliphatic carbocycles. The van der Waals surface area contributed by atoms with E-state index in [-0.39, 0.29) is 11.6 Å². The number of hydrogen-bond donors (Lipinski definition) is 0. The molecule has 0 atom stereocenters. The molecule has 3 nitrogen and oxygen atoms in total. The van der Waals surface area contributed by atoms with E-state index in [9.17, 15) is 4.79 Å². The number of carbonyl (C=O) groups is 1. The summed E-state index contributed by atoms with van der Waals surface area (Å²) < 4.78 is 9.58. The van der Waals surface area contributed by atoms with Crippen LogP contribution < -0.4 is 0 Å². The summed E-state index contributed by atoms with van der Waals surface area (Å²) in [5, 5.41) is 0. The third-order valence-corrected chi connectivity index (χ3v) is 9.34. The fourth-order valence-corrected chi connectivity index (χ4v) is 6.60. The molecule has 1 saturated carbocycles. The van der Waals surface area contributed by atoms with Crippen molar-refractivity contribution in [2.45, 2.75) is 50.5 Å². The van der Waals surface area contributed by atoms with E-state index in [1.165, 1.54) is 19.3 Å². The zero-order valence-corrected chi connectivity index (χ0v) is 21.0. The number of carbonyl (C=O) groups excluding carboxylic acids is 1. The normalized spacial score (nSPS) is 21.9. The minimum absolute atomic E-state index is 0.123. The van der Waals surface area contributed by atoms with Crippen LogP contribution in [0, 0.1) is 16.6 Å². The monoisotopic (exact) mass is 679 g/mol. The van der Waals surface area contributed by atoms with Crippen LogP contribution in [0.15, 0.2) is 12.1 Å². The Morgan fingerprint density at radius 2 is 1.76 bits per heavy atom. The Balaban J connectivity index is 1.84. The molecule has 0 amide bonds. The Labute approximate surface area is 191 Å². The van der Waals surface area contributed by atoms with E-state index < -0.39 is 0 Å². The zero-order valence-electron chi connectivity index (χ0n) is 14.5. The number of benzene rings is 1. The number of hydrogen-bond acceptors (Lipinski definition) is 3. The number of nitrogens with zero attached hydrogens (tertiary/aromatic N) is 1. The molecule has 1 aromatic rings. The highest BCUT2D eigenvalue weighted by Gasteiger charge is 2.44. The van der Waals surface area contributed by atoms with Crippen molar-refractivity contribution < 1.29 is 9.53 Å². The highest BCUT2D eigenvalue weighted by Crippen LogP contribution is 2.43. The summed E-state index contributed by atoms with van der Waals surface area (Å²) in [6.07, 6.45) is 7.98. The third kappa shape index (κ3) is 4.82. The Morgan fingerprint density at radius 3 is 2.40 bits per heavy atom. The predicted molar refractivity (Wildman–Crippen MR) is 126 cm³/mol. The molecule has 1 heterocycles. The predicted octanol–water partition coefficient (Wildman–Crippen LogP) is 5.70. The summed E-state index contributed by atoms with van der Waals surface area (Å²) in [7, 11) is 2.19. The first-order valence-corrected chi connectivity index (χ1v) is 12.2. The molecule has 138 valence electrons. The average molecular weight is 679 g/mol. The second-order valence-corrected chi connectivity index (χ2v) is 10.8. The molecule has 3 rings (SSSR count). The molecule has 2 aliphatic rings. The van der Waals surface area contributed by atoms with Crippen molar-refractivity contribution in [2.24, 2.45) is 5.92 Å². The summed E-state index contributed by atoms with van der Waals surface area (Å²) >= 11 is 6.86. The Hall–Kier alpha value is 0.840. The third-order valence-electron chi connectivity index (χ3n) is 5.67. The van der Waals surface area contributed by atoms with Crippen LogP contribution in [0.2, 0.25) is 0 Å². The molecule has 1 aliphatic heterocycles. The zero-order chi connectivity index (χ0) is 18.0. The number of halogens is 3. The van der Waals surface area contributed by atoms with Gasteiger partial charge in [-0.05, 0) is 139 Å². The van der Waals surface area contributed by atoms with Crippen molar-refractivity contribution in [2.75, 3.05) is 20.1 Å². The standard InChI is InChI=1S/C19H24I3NO2/c1-23-9-5-13(6-10-23)19(7-3-2-4-8-19)25-18(24)15-11-14(20)12-16(21)17(15)22/h11-13H,2-10H2,1H3. The topological polar surface area (TPSA) is 29.5 Å². The van der Waals surface area contributed by atoms with Crippen LogP contribution in [0.25, 0.3) is 0 Å². The minimum Gasteiger partial charge on any atom is -0.455 e. The fraction of sp³-hybridized carbons (Fsp3) is 0.632. The molecule has 1 aromatic carbocycles. The van der Waals surface area contributed by atoms with Crippen molar-refractivity contribution in [3.63, 3.8) is 0 Å². The van der Waals surface area contributed by atoms with Gasteiger partial charge in [-0.1, -0.05) is 6.42 Å². The van der Waals surface area contributed by atoms with Gasteiger partial charge in [-0.2, -0.15) is 0 Å². The van der Waals surface area contributed by atoms with Gasteiger partial charge in [0.25, 0.3) is 0 Å². The molecule has 1 saturated heterocycles. The van der Waals surface area contributed by atoms with Crippen LogP contribution in [0.3, 0.4) is 0 Å². The van der Waals surface area contributed by atoms with E-state index in [1.54, 1.807) is 0 Å². The Kier molecular flexibility index (Phi) is 7.32. The summed E-state index contributed by atoms with van der Waals surface area (Å²) in [6.45, 7) is 2.23. The Bertz CT molecular complexity index is 636. The molecular weight excluding hydrogens is 655 g/mol. The van der Waals surface area contributed by atoms with E-state index >= 15 is 0 Å². The number of rotatable bonds is 3. The number of ether oxygens (including phenoxy) is 1.